The average molecular weight is 340 g/mol. The molecule has 0 aliphatic carbocycles. The Morgan fingerprint density at radius 3 is 2.55 bits per heavy atom. The van der Waals surface area contributed by atoms with Crippen LogP contribution in [0, 0.1) is 4.32 Å². The van der Waals surface area contributed by atoms with E-state index in [1.54, 1.807) is 11.5 Å². The van der Waals surface area contributed by atoms with Crippen molar-refractivity contribution in [1.29, 1.82) is 0 Å². The van der Waals surface area contributed by atoms with Gasteiger partial charge in [0.15, 0.2) is 0 Å². The van der Waals surface area contributed by atoms with Crippen LogP contribution in [0.1, 0.15) is 13.8 Å². The number of ether oxygens (including phenoxy) is 2. The van der Waals surface area contributed by atoms with Crippen LogP contribution in [0.15, 0.2) is 30.3 Å². The molecule has 0 radical (unpaired) electrons. The number of hydrogen-bond donors (Lipinski definition) is 0. The molecular weight excluding hydrogens is 325 g/mol. The summed E-state index contributed by atoms with van der Waals surface area (Å²) in [5.74, 6) is 0. The number of carbonyl (C=O) groups excluding carboxylic acids is 1. The molecule has 0 aliphatic rings. The molecule has 6 nitrogen and oxygen atoms in total. The minimum absolute atomic E-state index is 0.285. The van der Waals surface area contributed by atoms with Gasteiger partial charge in [0.1, 0.15) is 0 Å². The molecule has 106 valence electrons. The van der Waals surface area contributed by atoms with Crippen LogP contribution in [0.2, 0.25) is 0 Å². The minimum atomic E-state index is -0.545. The zero-order valence-electron chi connectivity index (χ0n) is 11.3. The molecule has 0 bridgehead atoms. The first kappa shape index (κ1) is 14.6. The molecule has 2 rings (SSSR count). The van der Waals surface area contributed by atoms with Crippen molar-refractivity contribution in [1.82, 2.24) is 14.3 Å². The van der Waals surface area contributed by atoms with Crippen LogP contribution >= 0.6 is 0 Å². The Morgan fingerprint density at radius 1 is 1.25 bits per heavy atom. The number of aromatic nitrogens is 3. The summed E-state index contributed by atoms with van der Waals surface area (Å²) in [5, 5.41) is 4.15. The zero-order valence-corrected chi connectivity index (χ0v) is 13.0. The van der Waals surface area contributed by atoms with Gasteiger partial charge in [-0.25, -0.2) is 0 Å². The summed E-state index contributed by atoms with van der Waals surface area (Å²) in [7, 11) is 0. The Morgan fingerprint density at radius 2 is 1.95 bits per heavy atom. The van der Waals surface area contributed by atoms with Crippen molar-refractivity contribution in [3.05, 3.63) is 34.7 Å². The first-order valence-electron chi connectivity index (χ1n) is 6.26. The van der Waals surface area contributed by atoms with Gasteiger partial charge in [-0.15, -0.1) is 0 Å². The number of benzene rings is 1. The van der Waals surface area contributed by atoms with E-state index in [2.05, 4.69) is 20.7 Å². The van der Waals surface area contributed by atoms with Gasteiger partial charge >= 0.3 is 124 Å². The molecule has 2 aromatic rings. The van der Waals surface area contributed by atoms with Crippen LogP contribution in [0.5, 0.6) is 6.01 Å². The van der Waals surface area contributed by atoms with E-state index in [1.807, 2.05) is 37.3 Å². The molecule has 0 spiro atoms. The van der Waals surface area contributed by atoms with Gasteiger partial charge in [-0.3, -0.25) is 0 Å². The van der Waals surface area contributed by atoms with Crippen LogP contribution < -0.4 is 4.74 Å². The standard InChI is InChI=1S/C13H15N3O3Se/c1-3-18-11-14-16(13(17)19-4-2)12(20)15(11)10-8-6-5-7-9-10/h5-9H,3-4H2,1-2H3. The second-order valence-corrected chi connectivity index (χ2v) is 4.55. The summed E-state index contributed by atoms with van der Waals surface area (Å²) in [6, 6.07) is 9.86. The average Bonchev–Trinajstić information content (AvgIpc) is 2.77. The molecule has 0 aliphatic heterocycles. The number of hydrogen-bond acceptors (Lipinski definition) is 4. The predicted octanol–water partition coefficient (Wildman–Crippen LogP) is 1.78. The molecule has 0 N–H and O–H groups in total. The second kappa shape index (κ2) is 6.54. The molecule has 1 aromatic carbocycles. The molecular formula is C13H15N3O3Se. The van der Waals surface area contributed by atoms with Crippen molar-refractivity contribution < 1.29 is 14.3 Å². The molecule has 20 heavy (non-hydrogen) atoms. The van der Waals surface area contributed by atoms with Gasteiger partial charge in [0.2, 0.25) is 0 Å². The van der Waals surface area contributed by atoms with Crippen LogP contribution in [-0.4, -0.2) is 49.2 Å². The SMILES string of the molecule is CCOC(=O)n1nc(OCC)n(-c2ccccc2)c1=[Se]. The van der Waals surface area contributed by atoms with Crippen molar-refractivity contribution >= 4 is 21.7 Å². The van der Waals surface area contributed by atoms with Gasteiger partial charge < -0.3 is 0 Å². The van der Waals surface area contributed by atoms with Crippen LogP contribution in [-0.2, 0) is 4.74 Å². The van der Waals surface area contributed by atoms with E-state index in [1.165, 1.54) is 0 Å². The zero-order chi connectivity index (χ0) is 14.5. The number of rotatable bonds is 4. The summed E-state index contributed by atoms with van der Waals surface area (Å²) >= 11 is 2.84. The number of para-hydroxylation sites is 1. The normalized spacial score (nSPS) is 10.3. The van der Waals surface area contributed by atoms with Crippen molar-refractivity contribution in [2.45, 2.75) is 13.8 Å². The van der Waals surface area contributed by atoms with E-state index in [4.69, 9.17) is 9.47 Å². The first-order chi connectivity index (χ1) is 9.69. The van der Waals surface area contributed by atoms with Gasteiger partial charge in [0, 0.05) is 0 Å². The fraction of sp³-hybridized carbons (Fsp3) is 0.308. The molecule has 0 fully saturated rings. The summed E-state index contributed by atoms with van der Waals surface area (Å²) in [6.45, 7) is 4.34. The third-order valence-corrected chi connectivity index (χ3v) is 3.22. The Hall–Kier alpha value is -1.85. The van der Waals surface area contributed by atoms with E-state index in [0.717, 1.165) is 10.4 Å². The van der Waals surface area contributed by atoms with E-state index in [-0.39, 0.29) is 6.61 Å². The van der Waals surface area contributed by atoms with Crippen molar-refractivity contribution in [3.8, 4) is 11.7 Å². The maximum absolute atomic E-state index is 11.9. The molecule has 0 unspecified atom stereocenters. The first-order valence-corrected chi connectivity index (χ1v) is 7.12. The third kappa shape index (κ3) is 2.84. The molecule has 0 atom stereocenters. The van der Waals surface area contributed by atoms with E-state index in [9.17, 15) is 4.79 Å². The number of carbonyl (C=O) groups is 1. The monoisotopic (exact) mass is 341 g/mol. The summed E-state index contributed by atoms with van der Waals surface area (Å²) < 4.78 is 13.8. The predicted molar refractivity (Wildman–Crippen MR) is 74.1 cm³/mol. The Balaban J connectivity index is 2.55. The molecule has 1 aromatic heterocycles. The summed E-state index contributed by atoms with van der Waals surface area (Å²) in [5.41, 5.74) is 0.847. The molecule has 7 heteroatoms. The van der Waals surface area contributed by atoms with Gasteiger partial charge in [-0.2, -0.15) is 0 Å². The number of nitrogens with zero attached hydrogens (tertiary/aromatic N) is 3. The van der Waals surface area contributed by atoms with Crippen molar-refractivity contribution in [3.63, 3.8) is 0 Å². The molecule has 0 saturated heterocycles. The quantitative estimate of drug-likeness (QED) is 0.796. The van der Waals surface area contributed by atoms with Crippen LogP contribution in [0.25, 0.3) is 5.69 Å². The van der Waals surface area contributed by atoms with Crippen LogP contribution in [0.3, 0.4) is 0 Å². The maximum atomic E-state index is 11.9. The Labute approximate surface area is 124 Å². The topological polar surface area (TPSA) is 58.3 Å². The Bertz CT molecular complexity index is 649. The van der Waals surface area contributed by atoms with Crippen molar-refractivity contribution in [2.75, 3.05) is 13.2 Å². The van der Waals surface area contributed by atoms with Gasteiger partial charge in [0.05, 0.1) is 0 Å². The fourth-order valence-electron chi connectivity index (χ4n) is 1.67. The van der Waals surface area contributed by atoms with Gasteiger partial charge in [-0.05, 0) is 0 Å². The molecule has 0 amide bonds. The van der Waals surface area contributed by atoms with Gasteiger partial charge in [0.25, 0.3) is 0 Å². The molecule has 1 heterocycles. The molecule has 0 saturated carbocycles. The fourth-order valence-corrected chi connectivity index (χ4v) is 2.30. The third-order valence-electron chi connectivity index (χ3n) is 2.48. The van der Waals surface area contributed by atoms with Crippen LogP contribution in [0.4, 0.5) is 4.79 Å². The van der Waals surface area contributed by atoms with Crippen molar-refractivity contribution in [2.24, 2.45) is 0 Å². The summed E-state index contributed by atoms with van der Waals surface area (Å²) in [4.78, 5) is 11.9. The second-order valence-electron chi connectivity index (χ2n) is 3.78. The van der Waals surface area contributed by atoms with Gasteiger partial charge in [-0.1, -0.05) is 0 Å². The van der Waals surface area contributed by atoms with E-state index < -0.39 is 6.09 Å². The summed E-state index contributed by atoms with van der Waals surface area (Å²) in [6.07, 6.45) is -0.545. The van der Waals surface area contributed by atoms with E-state index in [0.29, 0.717) is 16.9 Å². The van der Waals surface area contributed by atoms with E-state index >= 15 is 0 Å². The Kier molecular flexibility index (Phi) is 4.76.